The number of methoxy groups -OCH3 is 1. The molecule has 0 radical (unpaired) electrons. The number of benzene rings is 3. The number of amides is 2. The van der Waals surface area contributed by atoms with Crippen molar-refractivity contribution in [2.45, 2.75) is 18.9 Å². The number of hydrogen-bond donors (Lipinski definition) is 2. The van der Waals surface area contributed by atoms with Gasteiger partial charge in [0.15, 0.2) is 5.76 Å². The summed E-state index contributed by atoms with van der Waals surface area (Å²) in [6.07, 6.45) is -9.80. The number of rotatable bonds is 8. The third-order valence-electron chi connectivity index (χ3n) is 6.76. The fourth-order valence-corrected chi connectivity index (χ4v) is 5.72. The summed E-state index contributed by atoms with van der Waals surface area (Å²) in [4.78, 5) is 28.6. The number of fused-ring (bicyclic) bond motifs is 1. The number of hydrogen-bond acceptors (Lipinski definition) is 7. The van der Waals surface area contributed by atoms with Crippen molar-refractivity contribution in [1.29, 1.82) is 0 Å². The molecule has 0 aliphatic carbocycles. The Kier molecular flexibility index (Phi) is 9.01. The second-order valence-electron chi connectivity index (χ2n) is 10.4. The Balaban J connectivity index is 1.55. The highest BCUT2D eigenvalue weighted by Crippen LogP contribution is 2.41. The van der Waals surface area contributed by atoms with E-state index >= 15 is 0 Å². The first-order chi connectivity index (χ1) is 22.0. The molecule has 0 saturated heterocycles. The van der Waals surface area contributed by atoms with E-state index in [-0.39, 0.29) is 32.0 Å². The summed E-state index contributed by atoms with van der Waals surface area (Å²) < 4.78 is 105. The Morgan fingerprint density at radius 1 is 0.915 bits per heavy atom. The SMILES string of the molecule is COc1ccc(-c2cc(CN(C)C)on2)cc1C(=O)Nc1c(C(=O)Nc2ccc(F)c(C(F)(F)F)c2)sc2cc(C(F)(F)F)ccc12. The third-order valence-corrected chi connectivity index (χ3v) is 7.91. The van der Waals surface area contributed by atoms with Gasteiger partial charge in [-0.2, -0.15) is 26.3 Å². The van der Waals surface area contributed by atoms with Crippen LogP contribution in [-0.2, 0) is 18.9 Å². The van der Waals surface area contributed by atoms with Gasteiger partial charge >= 0.3 is 12.4 Å². The van der Waals surface area contributed by atoms with Gasteiger partial charge in [0.1, 0.15) is 22.1 Å². The molecule has 246 valence electrons. The first-order valence-electron chi connectivity index (χ1n) is 13.5. The van der Waals surface area contributed by atoms with Crippen LogP contribution >= 0.6 is 11.3 Å². The van der Waals surface area contributed by atoms with Gasteiger partial charge in [-0.25, -0.2) is 4.39 Å². The monoisotopic (exact) mass is 680 g/mol. The van der Waals surface area contributed by atoms with E-state index in [1.165, 1.54) is 19.2 Å². The highest BCUT2D eigenvalue weighted by atomic mass is 32.1. The number of alkyl halides is 6. The quantitative estimate of drug-likeness (QED) is 0.160. The number of halogens is 7. The first-order valence-corrected chi connectivity index (χ1v) is 14.3. The van der Waals surface area contributed by atoms with Gasteiger partial charge in [0, 0.05) is 27.4 Å². The number of nitrogens with one attached hydrogen (secondary N) is 2. The molecule has 2 N–H and O–H groups in total. The minimum absolute atomic E-state index is 0.0341. The van der Waals surface area contributed by atoms with Crippen molar-refractivity contribution < 1.29 is 49.6 Å². The summed E-state index contributed by atoms with van der Waals surface area (Å²) in [7, 11) is 4.99. The lowest BCUT2D eigenvalue weighted by atomic mass is 10.1. The smallest absolute Gasteiger partial charge is 0.419 e. The van der Waals surface area contributed by atoms with Gasteiger partial charge in [0.2, 0.25) is 0 Å². The summed E-state index contributed by atoms with van der Waals surface area (Å²) in [5.74, 6) is -2.80. The molecule has 0 bridgehead atoms. The standard InChI is InChI=1S/C31H23F7N4O4S/c1-42(2)14-18-13-23(41-46-18)15-4-9-24(45-3)20(10-15)28(43)40-26-19-7-5-16(30(33,34)35)11-25(19)47-27(26)29(44)39-17-6-8-22(32)21(12-17)31(36,37)38/h4-13H,14H2,1-3H3,(H,39,44)(H,40,43). The molecule has 0 fully saturated rings. The van der Waals surface area contributed by atoms with Crippen LogP contribution in [0, 0.1) is 5.82 Å². The molecule has 0 unspecified atom stereocenters. The zero-order chi connectivity index (χ0) is 34.3. The number of ether oxygens (including phenoxy) is 1. The predicted octanol–water partition coefficient (Wildman–Crippen LogP) is 8.31. The van der Waals surface area contributed by atoms with Crippen LogP contribution in [0.5, 0.6) is 5.75 Å². The van der Waals surface area contributed by atoms with E-state index in [0.29, 0.717) is 47.0 Å². The predicted molar refractivity (Wildman–Crippen MR) is 160 cm³/mol. The Bertz CT molecular complexity index is 1980. The van der Waals surface area contributed by atoms with Crippen LogP contribution in [0.1, 0.15) is 36.9 Å². The number of carbonyl (C=O) groups excluding carboxylic acids is 2. The zero-order valence-corrected chi connectivity index (χ0v) is 25.4. The molecule has 0 aliphatic rings. The lowest BCUT2D eigenvalue weighted by molar-refractivity contribution is -0.140. The molecule has 5 rings (SSSR count). The lowest BCUT2D eigenvalue weighted by Crippen LogP contribution is -2.18. The van der Waals surface area contributed by atoms with E-state index in [1.54, 1.807) is 12.1 Å². The van der Waals surface area contributed by atoms with Gasteiger partial charge in [0.25, 0.3) is 11.8 Å². The van der Waals surface area contributed by atoms with Crippen LogP contribution in [0.3, 0.4) is 0 Å². The first kappa shape index (κ1) is 33.4. The van der Waals surface area contributed by atoms with Crippen LogP contribution in [0.4, 0.5) is 42.1 Å². The second kappa shape index (κ2) is 12.7. The van der Waals surface area contributed by atoms with Gasteiger partial charge in [-0.1, -0.05) is 11.2 Å². The molecule has 0 saturated carbocycles. The maximum atomic E-state index is 13.8. The van der Waals surface area contributed by atoms with Crippen molar-refractivity contribution in [3.63, 3.8) is 0 Å². The molecule has 2 heterocycles. The Labute approximate surface area is 265 Å². The number of carbonyl (C=O) groups is 2. The largest absolute Gasteiger partial charge is 0.496 e. The Morgan fingerprint density at radius 2 is 1.66 bits per heavy atom. The summed E-state index contributed by atoms with van der Waals surface area (Å²) >= 11 is 0.568. The second-order valence-corrected chi connectivity index (χ2v) is 11.5. The number of aromatic nitrogens is 1. The van der Waals surface area contributed by atoms with Gasteiger partial charge in [0.05, 0.1) is 36.0 Å². The van der Waals surface area contributed by atoms with Gasteiger partial charge < -0.3 is 24.8 Å². The van der Waals surface area contributed by atoms with Gasteiger partial charge in [-0.3, -0.25) is 9.59 Å². The van der Waals surface area contributed by atoms with E-state index in [4.69, 9.17) is 9.26 Å². The molecule has 5 aromatic rings. The van der Waals surface area contributed by atoms with Crippen molar-refractivity contribution in [2.75, 3.05) is 31.8 Å². The minimum Gasteiger partial charge on any atom is -0.496 e. The Hall–Kier alpha value is -4.96. The lowest BCUT2D eigenvalue weighted by Gasteiger charge is -2.13. The fourth-order valence-electron chi connectivity index (χ4n) is 4.63. The fraction of sp³-hybridized carbons (Fsp3) is 0.194. The van der Waals surface area contributed by atoms with E-state index < -0.39 is 46.8 Å². The minimum atomic E-state index is -5.07. The number of thiophene rings is 1. The molecule has 2 aromatic heterocycles. The normalized spacial score (nSPS) is 12.1. The molecule has 2 amide bonds. The highest BCUT2D eigenvalue weighted by molar-refractivity contribution is 7.21. The zero-order valence-electron chi connectivity index (χ0n) is 24.6. The van der Waals surface area contributed by atoms with E-state index in [0.717, 1.165) is 24.3 Å². The molecular weight excluding hydrogens is 657 g/mol. The van der Waals surface area contributed by atoms with Crippen LogP contribution in [-0.4, -0.2) is 43.1 Å². The highest BCUT2D eigenvalue weighted by Gasteiger charge is 2.35. The van der Waals surface area contributed by atoms with Crippen molar-refractivity contribution in [3.8, 4) is 17.0 Å². The maximum absolute atomic E-state index is 13.8. The van der Waals surface area contributed by atoms with Crippen LogP contribution in [0.2, 0.25) is 0 Å². The Morgan fingerprint density at radius 3 is 2.32 bits per heavy atom. The number of anilines is 2. The molecule has 0 spiro atoms. The molecule has 47 heavy (non-hydrogen) atoms. The van der Waals surface area contributed by atoms with E-state index in [9.17, 15) is 40.3 Å². The van der Waals surface area contributed by atoms with Crippen LogP contribution < -0.4 is 15.4 Å². The van der Waals surface area contributed by atoms with Crippen molar-refractivity contribution >= 4 is 44.6 Å². The molecule has 16 heteroatoms. The van der Waals surface area contributed by atoms with Gasteiger partial charge in [-0.05, 0) is 62.6 Å². The summed E-state index contributed by atoms with van der Waals surface area (Å²) in [6.45, 7) is 0.456. The van der Waals surface area contributed by atoms with Crippen molar-refractivity contribution in [2.24, 2.45) is 0 Å². The van der Waals surface area contributed by atoms with E-state index in [1.807, 2.05) is 19.0 Å². The maximum Gasteiger partial charge on any atom is 0.419 e. The van der Waals surface area contributed by atoms with Gasteiger partial charge in [-0.15, -0.1) is 11.3 Å². The average Bonchev–Trinajstić information content (AvgIpc) is 3.60. The summed E-state index contributed by atoms with van der Waals surface area (Å²) in [5, 5.41) is 8.86. The molecule has 3 aromatic carbocycles. The molecule has 8 nitrogen and oxygen atoms in total. The van der Waals surface area contributed by atoms with E-state index in [2.05, 4.69) is 15.8 Å². The molecular formula is C31H23F7N4O4S. The molecule has 0 aliphatic heterocycles. The topological polar surface area (TPSA) is 96.7 Å². The third kappa shape index (κ3) is 7.23. The summed E-state index contributed by atoms with van der Waals surface area (Å²) in [5.41, 5.74) is -2.48. The van der Waals surface area contributed by atoms with Crippen LogP contribution in [0.15, 0.2) is 65.2 Å². The molecule has 0 atom stereocenters. The van der Waals surface area contributed by atoms with Crippen molar-refractivity contribution in [3.05, 3.63) is 93.8 Å². The number of nitrogens with zero attached hydrogens (tertiary/aromatic N) is 2. The van der Waals surface area contributed by atoms with Crippen molar-refractivity contribution in [1.82, 2.24) is 10.1 Å². The summed E-state index contributed by atoms with van der Waals surface area (Å²) in [6, 6.07) is 10.6. The average molecular weight is 681 g/mol. The van der Waals surface area contributed by atoms with Crippen LogP contribution in [0.25, 0.3) is 21.3 Å².